The van der Waals surface area contributed by atoms with Gasteiger partial charge in [0.2, 0.25) is 5.90 Å². The second-order valence-corrected chi connectivity index (χ2v) is 4.53. The van der Waals surface area contributed by atoms with Crippen molar-refractivity contribution >= 4 is 12.4 Å². The molecular formula is C16H13NO3. The molecule has 0 saturated heterocycles. The summed E-state index contributed by atoms with van der Waals surface area (Å²) in [5.41, 5.74) is 1.21. The van der Waals surface area contributed by atoms with Gasteiger partial charge in [0.1, 0.15) is 0 Å². The molecule has 4 heteroatoms. The minimum atomic E-state index is -0.735. The number of benzene rings is 2. The average molecular weight is 267 g/mol. The summed E-state index contributed by atoms with van der Waals surface area (Å²) in [6.07, 6.45) is 0.389. The molecule has 0 amide bonds. The van der Waals surface area contributed by atoms with Crippen LogP contribution in [0.5, 0.6) is 0 Å². The van der Waals surface area contributed by atoms with Gasteiger partial charge in [0, 0.05) is 11.1 Å². The van der Waals surface area contributed by atoms with Gasteiger partial charge in [-0.2, -0.15) is 0 Å². The highest BCUT2D eigenvalue weighted by molar-refractivity contribution is 5.84. The van der Waals surface area contributed by atoms with Crippen molar-refractivity contribution in [3.05, 3.63) is 71.8 Å². The van der Waals surface area contributed by atoms with E-state index < -0.39 is 5.60 Å². The monoisotopic (exact) mass is 267 g/mol. The predicted octanol–water partition coefficient (Wildman–Crippen LogP) is 2.84. The zero-order valence-electron chi connectivity index (χ0n) is 10.7. The number of hydrogen-bond acceptors (Lipinski definition) is 4. The van der Waals surface area contributed by atoms with Gasteiger partial charge in [-0.3, -0.25) is 4.79 Å². The third kappa shape index (κ3) is 2.05. The van der Waals surface area contributed by atoms with Gasteiger partial charge >= 0.3 is 0 Å². The number of carbonyl (C=O) groups is 1. The fourth-order valence-corrected chi connectivity index (χ4v) is 2.42. The smallest absolute Gasteiger partial charge is 0.299 e. The molecule has 0 radical (unpaired) electrons. The molecule has 4 nitrogen and oxygen atoms in total. The van der Waals surface area contributed by atoms with E-state index in [4.69, 9.17) is 9.57 Å². The van der Waals surface area contributed by atoms with E-state index in [-0.39, 0.29) is 5.90 Å². The van der Waals surface area contributed by atoms with Crippen LogP contribution in [0.4, 0.5) is 0 Å². The molecule has 0 bridgehead atoms. The summed E-state index contributed by atoms with van der Waals surface area (Å²) in [5.74, 6) is 0.285. The highest BCUT2D eigenvalue weighted by atomic mass is 16.7. The molecule has 0 aliphatic carbocycles. The van der Waals surface area contributed by atoms with Gasteiger partial charge in [-0.25, -0.2) is 0 Å². The maximum atomic E-state index is 10.5. The van der Waals surface area contributed by atoms with Crippen LogP contribution in [-0.4, -0.2) is 12.4 Å². The summed E-state index contributed by atoms with van der Waals surface area (Å²) in [6, 6.07) is 19.6. The van der Waals surface area contributed by atoms with Crippen LogP contribution in [0, 0.1) is 0 Å². The maximum absolute atomic E-state index is 10.5. The Balaban J connectivity index is 2.05. The van der Waals surface area contributed by atoms with E-state index in [1.54, 1.807) is 0 Å². The Morgan fingerprint density at radius 1 is 1.00 bits per heavy atom. The quantitative estimate of drug-likeness (QED) is 0.803. The van der Waals surface area contributed by atoms with Gasteiger partial charge < -0.3 is 9.57 Å². The van der Waals surface area contributed by atoms with Crippen molar-refractivity contribution in [2.24, 2.45) is 5.16 Å². The van der Waals surface area contributed by atoms with Gasteiger partial charge in [-0.1, -0.05) is 65.8 Å². The number of ether oxygens (including phenoxy) is 1. The highest BCUT2D eigenvalue weighted by Crippen LogP contribution is 2.41. The maximum Gasteiger partial charge on any atom is 0.299 e. The van der Waals surface area contributed by atoms with Crippen LogP contribution in [0.25, 0.3) is 0 Å². The number of oxime groups is 1. The van der Waals surface area contributed by atoms with E-state index in [9.17, 15) is 4.79 Å². The zero-order valence-corrected chi connectivity index (χ0v) is 10.7. The van der Waals surface area contributed by atoms with E-state index in [1.807, 2.05) is 60.7 Å². The Morgan fingerprint density at radius 2 is 1.55 bits per heavy atom. The molecule has 1 aliphatic rings. The molecule has 2 aromatic rings. The molecule has 0 fully saturated rings. The van der Waals surface area contributed by atoms with Crippen LogP contribution in [0.2, 0.25) is 0 Å². The van der Waals surface area contributed by atoms with Crippen molar-refractivity contribution in [2.45, 2.75) is 12.0 Å². The standard InChI is InChI=1S/C16H13NO3/c18-12-19-15-11-16(20-17-15,13-7-3-1-4-8-13)14-9-5-2-6-10-14/h1-10,12H,11H2. The zero-order chi connectivity index (χ0) is 13.8. The van der Waals surface area contributed by atoms with Gasteiger partial charge in [0.15, 0.2) is 5.60 Å². The minimum absolute atomic E-state index is 0.285. The lowest BCUT2D eigenvalue weighted by Crippen LogP contribution is -2.28. The highest BCUT2D eigenvalue weighted by Gasteiger charge is 2.43. The Bertz CT molecular complexity index is 583. The minimum Gasteiger partial charge on any atom is -0.410 e. The second kappa shape index (κ2) is 5.17. The van der Waals surface area contributed by atoms with E-state index in [1.165, 1.54) is 0 Å². The first-order valence-electron chi connectivity index (χ1n) is 6.31. The SMILES string of the molecule is O=COC1=NOC(c2ccccc2)(c2ccccc2)C1. The molecule has 1 aliphatic heterocycles. The molecule has 100 valence electrons. The average Bonchev–Trinajstić information content (AvgIpc) is 2.95. The lowest BCUT2D eigenvalue weighted by molar-refractivity contribution is -0.121. The van der Waals surface area contributed by atoms with Crippen LogP contribution in [-0.2, 0) is 20.0 Å². The van der Waals surface area contributed by atoms with Crippen LogP contribution >= 0.6 is 0 Å². The number of nitrogens with zero attached hydrogens (tertiary/aromatic N) is 1. The largest absolute Gasteiger partial charge is 0.410 e. The summed E-state index contributed by atoms with van der Waals surface area (Å²) >= 11 is 0. The summed E-state index contributed by atoms with van der Waals surface area (Å²) in [7, 11) is 0. The van der Waals surface area contributed by atoms with Crippen molar-refractivity contribution in [2.75, 3.05) is 0 Å². The van der Waals surface area contributed by atoms with Gasteiger partial charge in [0.05, 0.1) is 6.42 Å². The second-order valence-electron chi connectivity index (χ2n) is 4.53. The topological polar surface area (TPSA) is 47.9 Å². The Morgan fingerprint density at radius 3 is 2.05 bits per heavy atom. The molecule has 2 aromatic carbocycles. The summed E-state index contributed by atoms with van der Waals surface area (Å²) in [4.78, 5) is 16.2. The van der Waals surface area contributed by atoms with E-state index >= 15 is 0 Å². The molecule has 1 heterocycles. The van der Waals surface area contributed by atoms with Crippen molar-refractivity contribution in [3.63, 3.8) is 0 Å². The van der Waals surface area contributed by atoms with Crippen LogP contribution in [0.1, 0.15) is 17.5 Å². The number of carbonyl (C=O) groups excluding carboxylic acids is 1. The van der Waals surface area contributed by atoms with Gasteiger partial charge in [-0.05, 0) is 0 Å². The van der Waals surface area contributed by atoms with Crippen molar-refractivity contribution in [1.29, 1.82) is 0 Å². The molecular weight excluding hydrogens is 254 g/mol. The van der Waals surface area contributed by atoms with Crippen LogP contribution in [0.3, 0.4) is 0 Å². The Hall–Kier alpha value is -2.62. The fraction of sp³-hybridized carbons (Fsp3) is 0.125. The fourth-order valence-electron chi connectivity index (χ4n) is 2.42. The molecule has 0 aromatic heterocycles. The van der Waals surface area contributed by atoms with E-state index in [0.29, 0.717) is 12.9 Å². The lowest BCUT2D eigenvalue weighted by Gasteiger charge is -2.27. The molecule has 0 unspecified atom stereocenters. The summed E-state index contributed by atoms with van der Waals surface area (Å²) in [6.45, 7) is 0.369. The molecule has 0 N–H and O–H groups in total. The first kappa shape index (κ1) is 12.4. The molecule has 0 atom stereocenters. The van der Waals surface area contributed by atoms with Crippen LogP contribution in [0.15, 0.2) is 65.8 Å². The first-order valence-corrected chi connectivity index (χ1v) is 6.31. The Labute approximate surface area is 116 Å². The number of rotatable bonds is 3. The van der Waals surface area contributed by atoms with Crippen molar-refractivity contribution < 1.29 is 14.4 Å². The predicted molar refractivity (Wildman–Crippen MR) is 74.0 cm³/mol. The summed E-state index contributed by atoms with van der Waals surface area (Å²) in [5, 5.41) is 3.89. The van der Waals surface area contributed by atoms with E-state index in [0.717, 1.165) is 11.1 Å². The van der Waals surface area contributed by atoms with Crippen LogP contribution < -0.4 is 0 Å². The van der Waals surface area contributed by atoms with Crippen molar-refractivity contribution in [3.8, 4) is 0 Å². The van der Waals surface area contributed by atoms with Crippen molar-refractivity contribution in [1.82, 2.24) is 0 Å². The third-order valence-corrected chi connectivity index (χ3v) is 3.37. The van der Waals surface area contributed by atoms with E-state index in [2.05, 4.69) is 5.16 Å². The third-order valence-electron chi connectivity index (χ3n) is 3.37. The lowest BCUT2D eigenvalue weighted by atomic mass is 9.84. The first-order chi connectivity index (χ1) is 9.85. The van der Waals surface area contributed by atoms with Gasteiger partial charge in [0.25, 0.3) is 6.47 Å². The normalized spacial score (nSPS) is 16.1. The molecule has 0 saturated carbocycles. The summed E-state index contributed by atoms with van der Waals surface area (Å²) < 4.78 is 4.85. The molecule has 3 rings (SSSR count). The molecule has 20 heavy (non-hydrogen) atoms. The molecule has 0 spiro atoms. The number of hydrogen-bond donors (Lipinski definition) is 0. The Kier molecular flexibility index (Phi) is 3.21. The van der Waals surface area contributed by atoms with Gasteiger partial charge in [-0.15, -0.1) is 0 Å².